The van der Waals surface area contributed by atoms with Crippen LogP contribution < -0.4 is 10.1 Å². The Morgan fingerprint density at radius 1 is 1.17 bits per heavy atom. The highest BCUT2D eigenvalue weighted by Crippen LogP contribution is 2.21. The summed E-state index contributed by atoms with van der Waals surface area (Å²) in [6.07, 6.45) is 0. The molecule has 122 valence electrons. The number of benzene rings is 2. The molecular formula is C18H21BrN2O2. The van der Waals surface area contributed by atoms with Gasteiger partial charge in [-0.2, -0.15) is 0 Å². The molecule has 0 aromatic heterocycles. The van der Waals surface area contributed by atoms with Crippen LogP contribution in [0.1, 0.15) is 12.5 Å². The number of rotatable bonds is 7. The van der Waals surface area contributed by atoms with Crippen molar-refractivity contribution in [1.29, 1.82) is 0 Å². The predicted octanol–water partition coefficient (Wildman–Crippen LogP) is 3.92. The van der Waals surface area contributed by atoms with Gasteiger partial charge in [0.1, 0.15) is 5.75 Å². The summed E-state index contributed by atoms with van der Waals surface area (Å²) in [5.41, 5.74) is 1.93. The minimum Gasteiger partial charge on any atom is -0.494 e. The molecule has 0 saturated carbocycles. The van der Waals surface area contributed by atoms with Gasteiger partial charge in [0.2, 0.25) is 5.91 Å². The average Bonchev–Trinajstić information content (AvgIpc) is 2.51. The Morgan fingerprint density at radius 2 is 1.87 bits per heavy atom. The molecule has 2 aromatic rings. The molecule has 2 aromatic carbocycles. The largest absolute Gasteiger partial charge is 0.494 e. The van der Waals surface area contributed by atoms with Crippen LogP contribution in [0.2, 0.25) is 0 Å². The van der Waals surface area contributed by atoms with Crippen LogP contribution in [0.25, 0.3) is 0 Å². The number of hydrogen-bond donors (Lipinski definition) is 1. The van der Waals surface area contributed by atoms with Crippen molar-refractivity contribution in [2.24, 2.45) is 0 Å². The normalized spacial score (nSPS) is 10.6. The van der Waals surface area contributed by atoms with Gasteiger partial charge in [-0.3, -0.25) is 9.69 Å². The zero-order chi connectivity index (χ0) is 16.7. The molecule has 23 heavy (non-hydrogen) atoms. The zero-order valence-corrected chi connectivity index (χ0v) is 15.0. The van der Waals surface area contributed by atoms with Crippen molar-refractivity contribution in [3.05, 3.63) is 58.6 Å². The molecule has 0 bridgehead atoms. The maximum absolute atomic E-state index is 12.1. The highest BCUT2D eigenvalue weighted by molar-refractivity contribution is 9.10. The minimum atomic E-state index is -0.0367. The van der Waals surface area contributed by atoms with Gasteiger partial charge in [-0.1, -0.05) is 24.3 Å². The number of hydrogen-bond acceptors (Lipinski definition) is 3. The van der Waals surface area contributed by atoms with Crippen LogP contribution >= 0.6 is 15.9 Å². The molecule has 0 aliphatic heterocycles. The smallest absolute Gasteiger partial charge is 0.238 e. The summed E-state index contributed by atoms with van der Waals surface area (Å²) in [6.45, 7) is 3.66. The molecule has 0 atom stereocenters. The van der Waals surface area contributed by atoms with E-state index in [4.69, 9.17) is 4.74 Å². The molecule has 0 saturated heterocycles. The fourth-order valence-corrected chi connectivity index (χ4v) is 2.61. The van der Waals surface area contributed by atoms with Crippen LogP contribution in [0.15, 0.2) is 53.0 Å². The first-order chi connectivity index (χ1) is 11.1. The molecule has 0 radical (unpaired) electrons. The predicted molar refractivity (Wildman–Crippen MR) is 96.7 cm³/mol. The van der Waals surface area contributed by atoms with E-state index in [1.165, 1.54) is 0 Å². The van der Waals surface area contributed by atoms with Gasteiger partial charge in [0.05, 0.1) is 18.8 Å². The number of ether oxygens (including phenoxy) is 1. The maximum Gasteiger partial charge on any atom is 0.238 e. The zero-order valence-electron chi connectivity index (χ0n) is 13.4. The summed E-state index contributed by atoms with van der Waals surface area (Å²) in [7, 11) is 1.93. The molecule has 5 heteroatoms. The molecule has 4 nitrogen and oxygen atoms in total. The summed E-state index contributed by atoms with van der Waals surface area (Å²) in [5.74, 6) is 0.830. The summed E-state index contributed by atoms with van der Waals surface area (Å²) >= 11 is 3.42. The van der Waals surface area contributed by atoms with Crippen molar-refractivity contribution in [3.63, 3.8) is 0 Å². The van der Waals surface area contributed by atoms with Gasteiger partial charge in [-0.05, 0) is 59.7 Å². The van der Waals surface area contributed by atoms with E-state index < -0.39 is 0 Å². The first-order valence-corrected chi connectivity index (χ1v) is 8.32. The number of nitrogens with one attached hydrogen (secondary N) is 1. The molecule has 0 aliphatic rings. The Bertz CT molecular complexity index is 644. The van der Waals surface area contributed by atoms with Crippen LogP contribution in [-0.2, 0) is 11.3 Å². The van der Waals surface area contributed by atoms with E-state index in [0.717, 1.165) is 21.5 Å². The van der Waals surface area contributed by atoms with Crippen LogP contribution in [0.5, 0.6) is 5.75 Å². The van der Waals surface area contributed by atoms with Crippen LogP contribution in [0.4, 0.5) is 5.69 Å². The second kappa shape index (κ2) is 8.70. The van der Waals surface area contributed by atoms with Crippen molar-refractivity contribution in [3.8, 4) is 5.75 Å². The summed E-state index contributed by atoms with van der Waals surface area (Å²) in [4.78, 5) is 14.1. The molecule has 0 fully saturated rings. The Balaban J connectivity index is 1.85. The van der Waals surface area contributed by atoms with Crippen molar-refractivity contribution in [2.45, 2.75) is 13.5 Å². The van der Waals surface area contributed by atoms with E-state index in [1.807, 2.05) is 67.4 Å². The van der Waals surface area contributed by atoms with Gasteiger partial charge in [0.25, 0.3) is 0 Å². The quantitative estimate of drug-likeness (QED) is 0.795. The summed E-state index contributed by atoms with van der Waals surface area (Å²) in [5, 5.41) is 2.91. The molecule has 0 aliphatic carbocycles. The van der Waals surface area contributed by atoms with Crippen LogP contribution in [-0.4, -0.2) is 31.0 Å². The molecule has 0 spiro atoms. The molecule has 0 unspecified atom stereocenters. The minimum absolute atomic E-state index is 0.0367. The first kappa shape index (κ1) is 17.5. The van der Waals surface area contributed by atoms with Gasteiger partial charge < -0.3 is 10.1 Å². The van der Waals surface area contributed by atoms with E-state index in [2.05, 4.69) is 21.2 Å². The number of nitrogens with zero attached hydrogens (tertiary/aromatic N) is 1. The van der Waals surface area contributed by atoms with Gasteiger partial charge in [0, 0.05) is 11.0 Å². The van der Waals surface area contributed by atoms with Crippen LogP contribution in [0, 0.1) is 0 Å². The number of halogens is 1. The van der Waals surface area contributed by atoms with Gasteiger partial charge in [-0.25, -0.2) is 0 Å². The Morgan fingerprint density at radius 3 is 2.52 bits per heavy atom. The van der Waals surface area contributed by atoms with Gasteiger partial charge in [0.15, 0.2) is 0 Å². The number of para-hydroxylation sites is 1. The van der Waals surface area contributed by atoms with E-state index >= 15 is 0 Å². The van der Waals surface area contributed by atoms with Gasteiger partial charge >= 0.3 is 0 Å². The van der Waals surface area contributed by atoms with Crippen molar-refractivity contribution < 1.29 is 9.53 Å². The van der Waals surface area contributed by atoms with Crippen molar-refractivity contribution in [1.82, 2.24) is 4.90 Å². The Hall–Kier alpha value is -1.85. The molecule has 1 amide bonds. The van der Waals surface area contributed by atoms with Crippen molar-refractivity contribution >= 4 is 27.5 Å². The van der Waals surface area contributed by atoms with Crippen molar-refractivity contribution in [2.75, 3.05) is 25.5 Å². The lowest BCUT2D eigenvalue weighted by molar-refractivity contribution is -0.117. The third-order valence-corrected chi connectivity index (χ3v) is 3.94. The van der Waals surface area contributed by atoms with Crippen LogP contribution in [0.3, 0.4) is 0 Å². The second-order valence-corrected chi connectivity index (χ2v) is 6.13. The lowest BCUT2D eigenvalue weighted by Gasteiger charge is -2.17. The summed E-state index contributed by atoms with van der Waals surface area (Å²) in [6, 6.07) is 15.5. The van der Waals surface area contributed by atoms with E-state index in [9.17, 15) is 4.79 Å². The average molecular weight is 377 g/mol. The molecule has 0 heterocycles. The monoisotopic (exact) mass is 376 g/mol. The first-order valence-electron chi connectivity index (χ1n) is 7.53. The van der Waals surface area contributed by atoms with E-state index in [-0.39, 0.29) is 5.91 Å². The third-order valence-electron chi connectivity index (χ3n) is 3.25. The number of carbonyl (C=O) groups is 1. The number of carbonyl (C=O) groups excluding carboxylic acids is 1. The lowest BCUT2D eigenvalue weighted by Crippen LogP contribution is -2.29. The molecule has 1 N–H and O–H groups in total. The van der Waals surface area contributed by atoms with E-state index in [0.29, 0.717) is 19.7 Å². The highest BCUT2D eigenvalue weighted by Gasteiger charge is 2.09. The number of likely N-dealkylation sites (N-methyl/N-ethyl adjacent to an activating group) is 1. The Labute approximate surface area is 145 Å². The number of anilines is 1. The lowest BCUT2D eigenvalue weighted by atomic mass is 10.2. The summed E-state index contributed by atoms with van der Waals surface area (Å²) < 4.78 is 6.30. The highest BCUT2D eigenvalue weighted by atomic mass is 79.9. The fourth-order valence-electron chi connectivity index (χ4n) is 2.22. The van der Waals surface area contributed by atoms with E-state index in [1.54, 1.807) is 0 Å². The van der Waals surface area contributed by atoms with Gasteiger partial charge in [-0.15, -0.1) is 0 Å². The maximum atomic E-state index is 12.1. The SMILES string of the molecule is CCOc1ccc(CN(C)CC(=O)Nc2ccccc2Br)cc1. The Kier molecular flexibility index (Phi) is 6.62. The third kappa shape index (κ3) is 5.69. The molecular weight excluding hydrogens is 356 g/mol. The molecule has 2 rings (SSSR count). The second-order valence-electron chi connectivity index (χ2n) is 5.28. The standard InChI is InChI=1S/C18H21BrN2O2/c1-3-23-15-10-8-14(9-11-15)12-21(2)13-18(22)20-17-7-5-4-6-16(17)19/h4-11H,3,12-13H2,1-2H3,(H,20,22). The topological polar surface area (TPSA) is 41.6 Å². The number of amides is 1. The fraction of sp³-hybridized carbons (Fsp3) is 0.278.